The molecule has 1 amide bonds. The number of hydrogen-bond acceptors (Lipinski definition) is 4. The summed E-state index contributed by atoms with van der Waals surface area (Å²) in [6, 6.07) is 15.8. The number of carboxylic acids is 1. The van der Waals surface area contributed by atoms with Crippen molar-refractivity contribution in [1.29, 1.82) is 0 Å². The molecule has 148 valence electrons. The van der Waals surface area contributed by atoms with E-state index in [0.29, 0.717) is 5.56 Å². The van der Waals surface area contributed by atoms with Crippen molar-refractivity contribution in [2.75, 3.05) is 33.2 Å². The SMILES string of the molecule is CN1CCN(Cc2cccc(C(=O)N[C@H](Cc3ccccc3)C(=O)O)c2)CC1. The third-order valence-corrected chi connectivity index (χ3v) is 5.08. The number of nitrogens with zero attached hydrogens (tertiary/aromatic N) is 2. The van der Waals surface area contributed by atoms with Gasteiger partial charge in [0.1, 0.15) is 6.04 Å². The quantitative estimate of drug-likeness (QED) is 0.766. The predicted octanol–water partition coefficient (Wildman–Crippen LogP) is 1.86. The Labute approximate surface area is 165 Å². The normalized spacial score (nSPS) is 16.5. The summed E-state index contributed by atoms with van der Waals surface area (Å²) in [5.41, 5.74) is 2.43. The molecule has 1 saturated heterocycles. The lowest BCUT2D eigenvalue weighted by atomic mass is 10.0. The molecule has 2 aromatic rings. The highest BCUT2D eigenvalue weighted by Gasteiger charge is 2.21. The van der Waals surface area contributed by atoms with E-state index in [1.54, 1.807) is 6.07 Å². The van der Waals surface area contributed by atoms with E-state index in [1.807, 2.05) is 48.5 Å². The summed E-state index contributed by atoms with van der Waals surface area (Å²) in [4.78, 5) is 28.9. The summed E-state index contributed by atoms with van der Waals surface area (Å²) in [5, 5.41) is 12.2. The summed E-state index contributed by atoms with van der Waals surface area (Å²) in [6.45, 7) is 4.89. The first-order chi connectivity index (χ1) is 13.5. The first-order valence-corrected chi connectivity index (χ1v) is 9.58. The van der Waals surface area contributed by atoms with Crippen LogP contribution in [0.2, 0.25) is 0 Å². The Balaban J connectivity index is 1.63. The Morgan fingerprint density at radius 1 is 1.00 bits per heavy atom. The number of benzene rings is 2. The fourth-order valence-corrected chi connectivity index (χ4v) is 3.37. The Hall–Kier alpha value is -2.70. The Morgan fingerprint density at radius 2 is 1.68 bits per heavy atom. The van der Waals surface area contributed by atoms with Crippen LogP contribution < -0.4 is 5.32 Å². The van der Waals surface area contributed by atoms with Crippen molar-refractivity contribution in [2.45, 2.75) is 19.0 Å². The van der Waals surface area contributed by atoms with Crippen LogP contribution in [0.3, 0.4) is 0 Å². The first-order valence-electron chi connectivity index (χ1n) is 9.58. The lowest BCUT2D eigenvalue weighted by Gasteiger charge is -2.32. The maximum Gasteiger partial charge on any atom is 0.326 e. The number of carbonyl (C=O) groups is 2. The Bertz CT molecular complexity index is 802. The average Bonchev–Trinajstić information content (AvgIpc) is 2.70. The molecule has 6 heteroatoms. The second kappa shape index (κ2) is 9.48. The van der Waals surface area contributed by atoms with E-state index >= 15 is 0 Å². The lowest BCUT2D eigenvalue weighted by Crippen LogP contribution is -2.44. The fraction of sp³-hybridized carbons (Fsp3) is 0.364. The van der Waals surface area contributed by atoms with Gasteiger partial charge in [-0.05, 0) is 30.3 Å². The number of rotatable bonds is 7. The summed E-state index contributed by atoms with van der Waals surface area (Å²) >= 11 is 0. The molecule has 1 heterocycles. The Morgan fingerprint density at radius 3 is 2.36 bits per heavy atom. The molecule has 3 rings (SSSR count). The fourth-order valence-electron chi connectivity index (χ4n) is 3.37. The van der Waals surface area contributed by atoms with Gasteiger partial charge in [0.15, 0.2) is 0 Å². The number of likely N-dealkylation sites (N-methyl/N-ethyl adjacent to an activating group) is 1. The van der Waals surface area contributed by atoms with Gasteiger partial charge < -0.3 is 15.3 Å². The van der Waals surface area contributed by atoms with Crippen molar-refractivity contribution in [3.63, 3.8) is 0 Å². The number of carbonyl (C=O) groups excluding carboxylic acids is 1. The largest absolute Gasteiger partial charge is 0.480 e. The molecule has 1 fully saturated rings. The van der Waals surface area contributed by atoms with Crippen LogP contribution in [0.4, 0.5) is 0 Å². The van der Waals surface area contributed by atoms with Gasteiger partial charge in [0.05, 0.1) is 0 Å². The summed E-state index contributed by atoms with van der Waals surface area (Å²) in [5.74, 6) is -1.39. The Kier molecular flexibility index (Phi) is 6.79. The van der Waals surface area contributed by atoms with E-state index < -0.39 is 12.0 Å². The highest BCUT2D eigenvalue weighted by molar-refractivity contribution is 5.96. The minimum Gasteiger partial charge on any atom is -0.480 e. The van der Waals surface area contributed by atoms with Crippen LogP contribution >= 0.6 is 0 Å². The van der Waals surface area contributed by atoms with Crippen LogP contribution in [-0.2, 0) is 17.8 Å². The maximum absolute atomic E-state index is 12.6. The number of hydrogen-bond donors (Lipinski definition) is 2. The standard InChI is InChI=1S/C22H27N3O3/c1-24-10-12-25(13-11-24)16-18-8-5-9-19(14-18)21(26)23-20(22(27)28)15-17-6-3-2-4-7-17/h2-9,14,20H,10-13,15-16H2,1H3,(H,23,26)(H,27,28)/t20-/m1/s1. The third kappa shape index (κ3) is 5.65. The van der Waals surface area contributed by atoms with Gasteiger partial charge in [0, 0.05) is 44.7 Å². The molecule has 0 aliphatic carbocycles. The van der Waals surface area contributed by atoms with E-state index in [1.165, 1.54) is 0 Å². The topological polar surface area (TPSA) is 72.9 Å². The number of aliphatic carboxylic acids is 1. The minimum atomic E-state index is -1.04. The van der Waals surface area contributed by atoms with Crippen LogP contribution in [0.5, 0.6) is 0 Å². The van der Waals surface area contributed by atoms with Gasteiger partial charge in [-0.3, -0.25) is 9.69 Å². The second-order valence-corrected chi connectivity index (χ2v) is 7.33. The third-order valence-electron chi connectivity index (χ3n) is 5.08. The molecule has 0 spiro atoms. The van der Waals surface area contributed by atoms with Crippen LogP contribution in [0, 0.1) is 0 Å². The zero-order valence-electron chi connectivity index (χ0n) is 16.2. The van der Waals surface area contributed by atoms with Crippen LogP contribution in [0.15, 0.2) is 54.6 Å². The van der Waals surface area contributed by atoms with Gasteiger partial charge in [0.2, 0.25) is 0 Å². The summed E-state index contributed by atoms with van der Waals surface area (Å²) in [6.07, 6.45) is 0.253. The molecule has 0 bridgehead atoms. The monoisotopic (exact) mass is 381 g/mol. The van der Waals surface area contributed by atoms with Crippen molar-refractivity contribution in [3.05, 3.63) is 71.3 Å². The molecule has 0 saturated carbocycles. The van der Waals surface area contributed by atoms with Gasteiger partial charge in [-0.1, -0.05) is 42.5 Å². The molecular formula is C22H27N3O3. The molecule has 1 aliphatic rings. The van der Waals surface area contributed by atoms with Crippen LogP contribution in [-0.4, -0.2) is 66.1 Å². The smallest absolute Gasteiger partial charge is 0.326 e. The highest BCUT2D eigenvalue weighted by Crippen LogP contribution is 2.11. The van der Waals surface area contributed by atoms with Gasteiger partial charge in [-0.25, -0.2) is 4.79 Å². The molecular weight excluding hydrogens is 354 g/mol. The second-order valence-electron chi connectivity index (χ2n) is 7.33. The average molecular weight is 381 g/mol. The van der Waals surface area contributed by atoms with Gasteiger partial charge >= 0.3 is 5.97 Å². The lowest BCUT2D eigenvalue weighted by molar-refractivity contribution is -0.139. The predicted molar refractivity (Wildman–Crippen MR) is 108 cm³/mol. The molecule has 1 aliphatic heterocycles. The molecule has 6 nitrogen and oxygen atoms in total. The van der Waals surface area contributed by atoms with Gasteiger partial charge in [0.25, 0.3) is 5.91 Å². The molecule has 0 aromatic heterocycles. The van der Waals surface area contributed by atoms with E-state index in [4.69, 9.17) is 0 Å². The first kappa shape index (κ1) is 20.0. The van der Waals surface area contributed by atoms with Gasteiger partial charge in [-0.2, -0.15) is 0 Å². The number of carboxylic acid groups (broad SMARTS) is 1. The van der Waals surface area contributed by atoms with Crippen molar-refractivity contribution >= 4 is 11.9 Å². The summed E-state index contributed by atoms with van der Waals surface area (Å²) < 4.78 is 0. The van der Waals surface area contributed by atoms with E-state index in [2.05, 4.69) is 22.2 Å². The zero-order valence-corrected chi connectivity index (χ0v) is 16.2. The highest BCUT2D eigenvalue weighted by atomic mass is 16.4. The molecule has 2 N–H and O–H groups in total. The molecule has 0 unspecified atom stereocenters. The summed E-state index contributed by atoms with van der Waals surface area (Å²) in [7, 11) is 2.12. The van der Waals surface area contributed by atoms with Crippen LogP contribution in [0.1, 0.15) is 21.5 Å². The van der Waals surface area contributed by atoms with E-state index in [0.717, 1.165) is 43.9 Å². The number of nitrogens with one attached hydrogen (secondary N) is 1. The van der Waals surface area contributed by atoms with E-state index in [-0.39, 0.29) is 12.3 Å². The van der Waals surface area contributed by atoms with Crippen molar-refractivity contribution in [3.8, 4) is 0 Å². The van der Waals surface area contributed by atoms with Crippen molar-refractivity contribution < 1.29 is 14.7 Å². The zero-order chi connectivity index (χ0) is 19.9. The maximum atomic E-state index is 12.6. The van der Waals surface area contributed by atoms with E-state index in [9.17, 15) is 14.7 Å². The minimum absolute atomic E-state index is 0.253. The molecule has 2 aromatic carbocycles. The number of amides is 1. The molecule has 1 atom stereocenters. The van der Waals surface area contributed by atoms with Crippen LogP contribution in [0.25, 0.3) is 0 Å². The van der Waals surface area contributed by atoms with Crippen molar-refractivity contribution in [2.24, 2.45) is 0 Å². The number of piperazine rings is 1. The molecule has 0 radical (unpaired) electrons. The molecule has 28 heavy (non-hydrogen) atoms. The van der Waals surface area contributed by atoms with Crippen molar-refractivity contribution in [1.82, 2.24) is 15.1 Å². The van der Waals surface area contributed by atoms with Gasteiger partial charge in [-0.15, -0.1) is 0 Å².